The Bertz CT molecular complexity index is 546. The van der Waals surface area contributed by atoms with Crippen LogP contribution in [0.5, 0.6) is 0 Å². The van der Waals surface area contributed by atoms with Crippen molar-refractivity contribution < 1.29 is 19.8 Å². The summed E-state index contributed by atoms with van der Waals surface area (Å²) in [6.07, 6.45) is 0.427. The van der Waals surface area contributed by atoms with E-state index in [1.807, 2.05) is 25.1 Å². The fraction of sp³-hybridized carbons (Fsp3) is 0.529. The average molecular weight is 307 g/mol. The molecule has 0 heterocycles. The van der Waals surface area contributed by atoms with Gasteiger partial charge in [0, 0.05) is 18.7 Å². The molecule has 0 atom stereocenters. The Hall–Kier alpha value is -2.04. The van der Waals surface area contributed by atoms with Crippen LogP contribution in [0.1, 0.15) is 45.2 Å². The van der Waals surface area contributed by atoms with Crippen LogP contribution >= 0.6 is 0 Å². The third-order valence-electron chi connectivity index (χ3n) is 3.60. The molecular weight excluding hydrogens is 282 g/mol. The number of anilines is 1. The van der Waals surface area contributed by atoms with Crippen molar-refractivity contribution in [2.75, 3.05) is 18.0 Å². The lowest BCUT2D eigenvalue weighted by atomic mass is 9.85. The van der Waals surface area contributed by atoms with E-state index in [4.69, 9.17) is 10.2 Å². The van der Waals surface area contributed by atoms with Crippen molar-refractivity contribution in [2.24, 2.45) is 0 Å². The molecular formula is C17H25NO4. The van der Waals surface area contributed by atoms with E-state index < -0.39 is 11.9 Å². The maximum Gasteiger partial charge on any atom is 0.323 e. The number of carboxylic acids is 2. The summed E-state index contributed by atoms with van der Waals surface area (Å²) in [6, 6.07) is 5.90. The van der Waals surface area contributed by atoms with E-state index in [0.29, 0.717) is 13.0 Å². The molecule has 0 fully saturated rings. The minimum Gasteiger partial charge on any atom is -0.481 e. The van der Waals surface area contributed by atoms with Gasteiger partial charge in [0.15, 0.2) is 0 Å². The van der Waals surface area contributed by atoms with Gasteiger partial charge in [0.25, 0.3) is 0 Å². The largest absolute Gasteiger partial charge is 0.481 e. The molecule has 0 spiro atoms. The van der Waals surface area contributed by atoms with E-state index in [1.54, 1.807) is 4.90 Å². The Labute approximate surface area is 131 Å². The number of hydrogen-bond acceptors (Lipinski definition) is 3. The molecule has 2 N–H and O–H groups in total. The van der Waals surface area contributed by atoms with E-state index in [2.05, 4.69) is 20.8 Å². The molecule has 0 unspecified atom stereocenters. The predicted molar refractivity (Wildman–Crippen MR) is 86.6 cm³/mol. The van der Waals surface area contributed by atoms with Crippen LogP contribution in [0.4, 0.5) is 5.69 Å². The summed E-state index contributed by atoms with van der Waals surface area (Å²) in [6.45, 7) is 8.64. The highest BCUT2D eigenvalue weighted by molar-refractivity contribution is 5.75. The summed E-state index contributed by atoms with van der Waals surface area (Å²) in [5, 5.41) is 18.0. The second kappa shape index (κ2) is 7.29. The molecule has 0 aromatic heterocycles. The Morgan fingerprint density at radius 1 is 1.14 bits per heavy atom. The Balaban J connectivity index is 3.23. The van der Waals surface area contributed by atoms with Gasteiger partial charge < -0.3 is 15.1 Å². The van der Waals surface area contributed by atoms with Crippen molar-refractivity contribution in [1.29, 1.82) is 0 Å². The highest BCUT2D eigenvalue weighted by Gasteiger charge is 2.19. The van der Waals surface area contributed by atoms with Crippen molar-refractivity contribution >= 4 is 17.6 Å². The van der Waals surface area contributed by atoms with Crippen LogP contribution in [0.25, 0.3) is 0 Å². The zero-order valence-electron chi connectivity index (χ0n) is 13.7. The molecule has 0 aliphatic rings. The molecule has 1 aromatic rings. The molecule has 1 rings (SSSR count). The average Bonchev–Trinajstić information content (AvgIpc) is 2.41. The zero-order valence-corrected chi connectivity index (χ0v) is 13.7. The molecule has 5 heteroatoms. The van der Waals surface area contributed by atoms with Gasteiger partial charge in [-0.25, -0.2) is 0 Å². The molecule has 1 aromatic carbocycles. The van der Waals surface area contributed by atoms with Gasteiger partial charge >= 0.3 is 11.9 Å². The van der Waals surface area contributed by atoms with E-state index in [-0.39, 0.29) is 18.4 Å². The minimum absolute atomic E-state index is 0.0330. The molecule has 0 saturated heterocycles. The minimum atomic E-state index is -0.897. The SMILES string of the molecule is CCN(CC(=O)O)c1ccc(C(C)(C)C)cc1CCC(=O)O. The first kappa shape index (κ1) is 18.0. The standard InChI is InChI=1S/C17H25NO4/c1-5-18(11-16(21)22)14-8-7-13(17(2,3)4)10-12(14)6-9-15(19)20/h7-8,10H,5-6,9,11H2,1-4H3,(H,19,20)(H,21,22). The number of likely N-dealkylation sites (N-methyl/N-ethyl adjacent to an activating group) is 1. The second-order valence-electron chi connectivity index (χ2n) is 6.40. The van der Waals surface area contributed by atoms with Gasteiger partial charge in [-0.15, -0.1) is 0 Å². The first-order valence-corrected chi connectivity index (χ1v) is 7.47. The Morgan fingerprint density at radius 2 is 1.77 bits per heavy atom. The predicted octanol–water partition coefficient (Wildman–Crippen LogP) is 2.91. The van der Waals surface area contributed by atoms with Crippen LogP contribution in [0, 0.1) is 0 Å². The number of rotatable bonds is 7. The highest BCUT2D eigenvalue weighted by atomic mass is 16.4. The van der Waals surface area contributed by atoms with Gasteiger partial charge in [-0.3, -0.25) is 9.59 Å². The molecule has 0 radical (unpaired) electrons. The molecule has 0 saturated carbocycles. The van der Waals surface area contributed by atoms with Gasteiger partial charge in [0.2, 0.25) is 0 Å². The van der Waals surface area contributed by atoms with Gasteiger partial charge in [-0.2, -0.15) is 0 Å². The number of aryl methyl sites for hydroxylation is 1. The fourth-order valence-corrected chi connectivity index (χ4v) is 2.33. The Morgan fingerprint density at radius 3 is 2.23 bits per heavy atom. The monoisotopic (exact) mass is 307 g/mol. The lowest BCUT2D eigenvalue weighted by Crippen LogP contribution is -2.30. The summed E-state index contributed by atoms with van der Waals surface area (Å²) in [7, 11) is 0. The molecule has 122 valence electrons. The third kappa shape index (κ3) is 5.06. The van der Waals surface area contributed by atoms with Crippen molar-refractivity contribution in [2.45, 2.75) is 46.0 Å². The summed E-state index contributed by atoms with van der Waals surface area (Å²) in [5.41, 5.74) is 2.76. The molecule has 0 aliphatic carbocycles. The first-order valence-electron chi connectivity index (χ1n) is 7.47. The highest BCUT2D eigenvalue weighted by Crippen LogP contribution is 2.29. The van der Waals surface area contributed by atoms with Crippen LogP contribution in [-0.4, -0.2) is 35.2 Å². The van der Waals surface area contributed by atoms with Gasteiger partial charge in [0.1, 0.15) is 6.54 Å². The number of hydrogen-bond donors (Lipinski definition) is 2. The lowest BCUT2D eigenvalue weighted by molar-refractivity contribution is -0.137. The van der Waals surface area contributed by atoms with Crippen LogP contribution in [-0.2, 0) is 21.4 Å². The van der Waals surface area contributed by atoms with Crippen LogP contribution < -0.4 is 4.90 Å². The first-order chi connectivity index (χ1) is 10.1. The van der Waals surface area contributed by atoms with Crippen LogP contribution in [0.15, 0.2) is 18.2 Å². The summed E-state index contributed by atoms with van der Waals surface area (Å²) in [4.78, 5) is 23.6. The summed E-state index contributed by atoms with van der Waals surface area (Å²) < 4.78 is 0. The van der Waals surface area contributed by atoms with Crippen LogP contribution in [0.2, 0.25) is 0 Å². The number of carbonyl (C=O) groups is 2. The topological polar surface area (TPSA) is 77.8 Å². The number of nitrogens with zero attached hydrogens (tertiary/aromatic N) is 1. The zero-order chi connectivity index (χ0) is 16.9. The fourth-order valence-electron chi connectivity index (χ4n) is 2.33. The summed E-state index contributed by atoms with van der Waals surface area (Å²) >= 11 is 0. The molecule has 22 heavy (non-hydrogen) atoms. The molecule has 5 nitrogen and oxygen atoms in total. The molecule has 0 aliphatic heterocycles. The van der Waals surface area contributed by atoms with Gasteiger partial charge in [-0.1, -0.05) is 32.9 Å². The van der Waals surface area contributed by atoms with Gasteiger partial charge in [0.05, 0.1) is 0 Å². The van der Waals surface area contributed by atoms with Crippen molar-refractivity contribution in [3.8, 4) is 0 Å². The van der Waals surface area contributed by atoms with Crippen LogP contribution in [0.3, 0.4) is 0 Å². The molecule has 0 bridgehead atoms. The summed E-state index contributed by atoms with van der Waals surface area (Å²) in [5.74, 6) is -1.75. The molecule has 0 amide bonds. The van der Waals surface area contributed by atoms with E-state index >= 15 is 0 Å². The number of carboxylic acid groups (broad SMARTS) is 2. The van der Waals surface area contributed by atoms with Crippen molar-refractivity contribution in [3.05, 3.63) is 29.3 Å². The normalized spacial score (nSPS) is 11.3. The second-order valence-corrected chi connectivity index (χ2v) is 6.40. The number of benzene rings is 1. The van der Waals surface area contributed by atoms with Crippen molar-refractivity contribution in [3.63, 3.8) is 0 Å². The van der Waals surface area contributed by atoms with Crippen molar-refractivity contribution in [1.82, 2.24) is 0 Å². The van der Waals surface area contributed by atoms with E-state index in [9.17, 15) is 9.59 Å². The third-order valence-corrected chi connectivity index (χ3v) is 3.60. The lowest BCUT2D eigenvalue weighted by Gasteiger charge is -2.27. The van der Waals surface area contributed by atoms with E-state index in [0.717, 1.165) is 16.8 Å². The Kier molecular flexibility index (Phi) is 5.97. The van der Waals surface area contributed by atoms with Gasteiger partial charge in [-0.05, 0) is 36.0 Å². The maximum atomic E-state index is 11.0. The smallest absolute Gasteiger partial charge is 0.323 e. The number of aliphatic carboxylic acids is 2. The maximum absolute atomic E-state index is 11.0. The van der Waals surface area contributed by atoms with E-state index in [1.165, 1.54) is 0 Å². The quantitative estimate of drug-likeness (QED) is 0.810.